The van der Waals surface area contributed by atoms with Crippen LogP contribution in [-0.2, 0) is 14.3 Å². The molecule has 124 valence electrons. The van der Waals surface area contributed by atoms with Crippen molar-refractivity contribution in [2.24, 2.45) is 0 Å². The molecular formula is C17H22N2O4. The van der Waals surface area contributed by atoms with E-state index in [9.17, 15) is 9.59 Å². The van der Waals surface area contributed by atoms with Crippen molar-refractivity contribution >= 4 is 17.5 Å². The maximum absolute atomic E-state index is 12.4. The van der Waals surface area contributed by atoms with Crippen LogP contribution in [0.15, 0.2) is 18.2 Å². The van der Waals surface area contributed by atoms with Crippen molar-refractivity contribution < 1.29 is 19.1 Å². The van der Waals surface area contributed by atoms with Crippen molar-refractivity contribution in [1.82, 2.24) is 5.32 Å². The molecule has 0 radical (unpaired) electrons. The predicted molar refractivity (Wildman–Crippen MR) is 85.6 cm³/mol. The Balaban J connectivity index is 1.69. The Morgan fingerprint density at radius 1 is 1.43 bits per heavy atom. The Kier molecular flexibility index (Phi) is 4.52. The van der Waals surface area contributed by atoms with Crippen molar-refractivity contribution in [3.05, 3.63) is 23.8 Å². The summed E-state index contributed by atoms with van der Waals surface area (Å²) in [5.74, 6) is 0.250. The number of ether oxygens (including phenoxy) is 2. The lowest BCUT2D eigenvalue weighted by Crippen LogP contribution is -2.49. The summed E-state index contributed by atoms with van der Waals surface area (Å²) in [6.07, 6.45) is 1.51. The molecule has 2 heterocycles. The van der Waals surface area contributed by atoms with Crippen LogP contribution in [0.1, 0.15) is 25.3 Å². The first-order valence-electron chi connectivity index (χ1n) is 8.01. The summed E-state index contributed by atoms with van der Waals surface area (Å²) in [6, 6.07) is 5.63. The third-order valence-corrected chi connectivity index (χ3v) is 4.18. The van der Waals surface area contributed by atoms with E-state index in [1.165, 1.54) is 4.90 Å². The van der Waals surface area contributed by atoms with Gasteiger partial charge < -0.3 is 14.8 Å². The van der Waals surface area contributed by atoms with Gasteiger partial charge in [0.05, 0.1) is 11.8 Å². The van der Waals surface area contributed by atoms with Gasteiger partial charge in [0, 0.05) is 13.2 Å². The number of nitrogens with zero attached hydrogens (tertiary/aromatic N) is 1. The minimum Gasteiger partial charge on any atom is -0.479 e. The fourth-order valence-corrected chi connectivity index (χ4v) is 2.91. The second-order valence-corrected chi connectivity index (χ2v) is 6.09. The highest BCUT2D eigenvalue weighted by molar-refractivity contribution is 6.03. The number of hydrogen-bond acceptors (Lipinski definition) is 4. The largest absolute Gasteiger partial charge is 0.479 e. The monoisotopic (exact) mass is 318 g/mol. The number of fused-ring (bicyclic) bond motifs is 1. The zero-order valence-electron chi connectivity index (χ0n) is 13.5. The van der Waals surface area contributed by atoms with Crippen molar-refractivity contribution in [2.45, 2.75) is 38.9 Å². The molecule has 0 saturated carbocycles. The molecule has 6 nitrogen and oxygen atoms in total. The molecule has 2 atom stereocenters. The average molecular weight is 318 g/mol. The van der Waals surface area contributed by atoms with Crippen molar-refractivity contribution in [3.8, 4) is 5.75 Å². The number of nitrogens with one attached hydrogen (secondary N) is 1. The molecule has 1 saturated heterocycles. The Morgan fingerprint density at radius 3 is 3.00 bits per heavy atom. The van der Waals surface area contributed by atoms with E-state index >= 15 is 0 Å². The van der Waals surface area contributed by atoms with E-state index < -0.39 is 6.10 Å². The third-order valence-electron chi connectivity index (χ3n) is 4.18. The zero-order chi connectivity index (χ0) is 16.4. The SMILES string of the molecule is Cc1ccc2c(c1)N(CC(=O)NC[C@@H]1CCCO1)C(=O)[C@@H](C)O2. The quantitative estimate of drug-likeness (QED) is 0.911. The molecule has 2 aliphatic heterocycles. The van der Waals surface area contributed by atoms with Gasteiger partial charge in [-0.3, -0.25) is 14.5 Å². The highest BCUT2D eigenvalue weighted by Gasteiger charge is 2.32. The van der Waals surface area contributed by atoms with Crippen molar-refractivity contribution in [2.75, 3.05) is 24.6 Å². The Hall–Kier alpha value is -2.08. The lowest BCUT2D eigenvalue weighted by atomic mass is 10.1. The summed E-state index contributed by atoms with van der Waals surface area (Å²) in [6.45, 7) is 4.89. The number of carbonyl (C=O) groups excluding carboxylic acids is 2. The fourth-order valence-electron chi connectivity index (χ4n) is 2.91. The second kappa shape index (κ2) is 6.58. The van der Waals surface area contributed by atoms with Crippen LogP contribution < -0.4 is 15.0 Å². The predicted octanol–water partition coefficient (Wildman–Crippen LogP) is 1.40. The summed E-state index contributed by atoms with van der Waals surface area (Å²) >= 11 is 0. The molecule has 0 bridgehead atoms. The van der Waals surface area contributed by atoms with Gasteiger partial charge in [-0.25, -0.2) is 0 Å². The molecular weight excluding hydrogens is 296 g/mol. The number of amides is 2. The van der Waals surface area contributed by atoms with Crippen LogP contribution in [0.4, 0.5) is 5.69 Å². The number of hydrogen-bond donors (Lipinski definition) is 1. The summed E-state index contributed by atoms with van der Waals surface area (Å²) in [7, 11) is 0. The molecule has 3 rings (SSSR count). The van der Waals surface area contributed by atoms with Crippen LogP contribution in [0.25, 0.3) is 0 Å². The van der Waals surface area contributed by atoms with Gasteiger partial charge >= 0.3 is 0 Å². The van der Waals surface area contributed by atoms with Gasteiger partial charge in [-0.15, -0.1) is 0 Å². The first kappa shape index (κ1) is 15.8. The van der Waals surface area contributed by atoms with E-state index in [4.69, 9.17) is 9.47 Å². The summed E-state index contributed by atoms with van der Waals surface area (Å²) < 4.78 is 11.1. The number of rotatable bonds is 4. The molecule has 1 aromatic carbocycles. The standard InChI is InChI=1S/C17H22N2O4/c1-11-5-6-15-14(8-11)19(17(21)12(2)23-15)10-16(20)18-9-13-4-3-7-22-13/h5-6,8,12-13H,3-4,7,9-10H2,1-2H3,(H,18,20)/t12-,13+/m1/s1. The van der Waals surface area contributed by atoms with Gasteiger partial charge in [-0.2, -0.15) is 0 Å². The smallest absolute Gasteiger partial charge is 0.268 e. The normalized spacial score (nSPS) is 23.4. The van der Waals surface area contributed by atoms with Crippen molar-refractivity contribution in [3.63, 3.8) is 0 Å². The fraction of sp³-hybridized carbons (Fsp3) is 0.529. The van der Waals surface area contributed by atoms with E-state index in [2.05, 4.69) is 5.32 Å². The average Bonchev–Trinajstić information content (AvgIpc) is 3.04. The van der Waals surface area contributed by atoms with Gasteiger partial charge in [0.15, 0.2) is 6.10 Å². The number of aryl methyl sites for hydroxylation is 1. The summed E-state index contributed by atoms with van der Waals surface area (Å²) in [4.78, 5) is 26.1. The van der Waals surface area contributed by atoms with Crippen molar-refractivity contribution in [1.29, 1.82) is 0 Å². The highest BCUT2D eigenvalue weighted by Crippen LogP contribution is 2.34. The topological polar surface area (TPSA) is 67.9 Å². The lowest BCUT2D eigenvalue weighted by molar-refractivity contribution is -0.128. The maximum atomic E-state index is 12.4. The number of benzene rings is 1. The second-order valence-electron chi connectivity index (χ2n) is 6.09. The van der Waals surface area contributed by atoms with Crippen LogP contribution in [-0.4, -0.2) is 43.7 Å². The van der Waals surface area contributed by atoms with Gasteiger partial charge in [0.1, 0.15) is 12.3 Å². The molecule has 0 unspecified atom stereocenters. The van der Waals surface area contributed by atoms with Crippen LogP contribution in [0, 0.1) is 6.92 Å². The first-order chi connectivity index (χ1) is 11.0. The molecule has 1 fully saturated rings. The number of carbonyl (C=O) groups is 2. The van der Waals surface area contributed by atoms with E-state index in [1.807, 2.05) is 25.1 Å². The van der Waals surface area contributed by atoms with E-state index in [0.717, 1.165) is 25.0 Å². The summed E-state index contributed by atoms with van der Waals surface area (Å²) in [5, 5.41) is 2.85. The molecule has 23 heavy (non-hydrogen) atoms. The molecule has 0 aromatic heterocycles. The Bertz CT molecular complexity index is 611. The minimum absolute atomic E-state index is 0.00426. The molecule has 2 amide bonds. The van der Waals surface area contributed by atoms with E-state index in [1.54, 1.807) is 6.92 Å². The molecule has 6 heteroatoms. The third kappa shape index (κ3) is 3.47. The molecule has 0 aliphatic carbocycles. The zero-order valence-corrected chi connectivity index (χ0v) is 13.5. The Morgan fingerprint density at radius 2 is 2.26 bits per heavy atom. The first-order valence-corrected chi connectivity index (χ1v) is 8.01. The van der Waals surface area contributed by atoms with E-state index in [0.29, 0.717) is 18.0 Å². The van der Waals surface area contributed by atoms with Crippen LogP contribution in [0.5, 0.6) is 5.75 Å². The Labute approximate surface area is 135 Å². The van der Waals surface area contributed by atoms with Crippen LogP contribution >= 0.6 is 0 Å². The van der Waals surface area contributed by atoms with E-state index in [-0.39, 0.29) is 24.5 Å². The summed E-state index contributed by atoms with van der Waals surface area (Å²) in [5.41, 5.74) is 1.67. The van der Waals surface area contributed by atoms with Gasteiger partial charge in [0.2, 0.25) is 5.91 Å². The van der Waals surface area contributed by atoms with Gasteiger partial charge in [-0.1, -0.05) is 6.07 Å². The molecule has 1 aromatic rings. The number of anilines is 1. The van der Waals surface area contributed by atoms with Crippen LogP contribution in [0.3, 0.4) is 0 Å². The van der Waals surface area contributed by atoms with Gasteiger partial charge in [0.25, 0.3) is 5.91 Å². The molecule has 0 spiro atoms. The highest BCUT2D eigenvalue weighted by atomic mass is 16.5. The van der Waals surface area contributed by atoms with Crippen LogP contribution in [0.2, 0.25) is 0 Å². The lowest BCUT2D eigenvalue weighted by Gasteiger charge is -2.32. The molecule has 1 N–H and O–H groups in total. The molecule has 2 aliphatic rings. The van der Waals surface area contributed by atoms with Gasteiger partial charge in [-0.05, 0) is 44.4 Å². The minimum atomic E-state index is -0.587. The maximum Gasteiger partial charge on any atom is 0.268 e.